The summed E-state index contributed by atoms with van der Waals surface area (Å²) in [6.45, 7) is 2.02. The third-order valence-electron chi connectivity index (χ3n) is 3.09. The van der Waals surface area contributed by atoms with Crippen molar-refractivity contribution in [2.24, 2.45) is 0 Å². The molecule has 0 aliphatic rings. The van der Waals surface area contributed by atoms with Gasteiger partial charge in [0.2, 0.25) is 11.7 Å². The number of carboxylic acid groups (broad SMARTS) is 1. The van der Waals surface area contributed by atoms with Gasteiger partial charge in [-0.25, -0.2) is 4.79 Å². The molecule has 0 saturated carbocycles. The van der Waals surface area contributed by atoms with Gasteiger partial charge in [0.05, 0.1) is 5.02 Å². The molecule has 0 unspecified atom stereocenters. The van der Waals surface area contributed by atoms with Crippen LogP contribution in [-0.2, 0) is 4.79 Å². The van der Waals surface area contributed by atoms with E-state index in [-0.39, 0.29) is 11.7 Å². The molecule has 0 bridgehead atoms. The lowest BCUT2D eigenvalue weighted by Gasteiger charge is -2.08. The summed E-state index contributed by atoms with van der Waals surface area (Å²) < 4.78 is 5.24. The number of carbonyl (C=O) groups excluding carboxylic acids is 1. The highest BCUT2D eigenvalue weighted by Gasteiger charge is 2.14. The standard InChI is InChI=1S/C16H16ClNO4/c1-2-3-4-15(19)18-10-5-6-12(17)11(9-10)13-7-8-14(22-13)16(20)21/h5-9H,2-4H2,1H3,(H,18,19)(H,20,21). The summed E-state index contributed by atoms with van der Waals surface area (Å²) in [5, 5.41) is 12.1. The minimum Gasteiger partial charge on any atom is -0.475 e. The third kappa shape index (κ3) is 3.89. The number of carboxylic acids is 1. The van der Waals surface area contributed by atoms with Crippen LogP contribution in [0.3, 0.4) is 0 Å². The van der Waals surface area contributed by atoms with Crippen LogP contribution in [0.5, 0.6) is 0 Å². The van der Waals surface area contributed by atoms with Crippen LogP contribution in [0.25, 0.3) is 11.3 Å². The van der Waals surface area contributed by atoms with Crippen LogP contribution >= 0.6 is 11.6 Å². The summed E-state index contributed by atoms with van der Waals surface area (Å²) >= 11 is 6.12. The van der Waals surface area contributed by atoms with Crippen molar-refractivity contribution >= 4 is 29.2 Å². The maximum absolute atomic E-state index is 11.8. The number of carbonyl (C=O) groups is 2. The molecule has 2 aromatic rings. The highest BCUT2D eigenvalue weighted by atomic mass is 35.5. The van der Waals surface area contributed by atoms with Crippen molar-refractivity contribution in [3.8, 4) is 11.3 Å². The fraction of sp³-hybridized carbons (Fsp3) is 0.250. The number of anilines is 1. The van der Waals surface area contributed by atoms with Crippen molar-refractivity contribution in [3.05, 3.63) is 41.1 Å². The first-order valence-corrected chi connectivity index (χ1v) is 7.32. The molecule has 0 aliphatic carbocycles. The molecule has 22 heavy (non-hydrogen) atoms. The van der Waals surface area contributed by atoms with Crippen LogP contribution in [0, 0.1) is 0 Å². The van der Waals surface area contributed by atoms with Crippen LogP contribution < -0.4 is 5.32 Å². The molecular weight excluding hydrogens is 306 g/mol. The smallest absolute Gasteiger partial charge is 0.371 e. The average Bonchev–Trinajstić information content (AvgIpc) is 2.97. The van der Waals surface area contributed by atoms with E-state index < -0.39 is 5.97 Å². The molecule has 0 radical (unpaired) electrons. The number of halogens is 1. The fourth-order valence-electron chi connectivity index (χ4n) is 1.95. The number of rotatable bonds is 6. The first kappa shape index (κ1) is 16.1. The van der Waals surface area contributed by atoms with E-state index in [0.717, 1.165) is 12.8 Å². The summed E-state index contributed by atoms with van der Waals surface area (Å²) in [5.74, 6) is -1.04. The maximum atomic E-state index is 11.8. The Morgan fingerprint density at radius 1 is 1.27 bits per heavy atom. The zero-order valence-corrected chi connectivity index (χ0v) is 12.8. The Balaban J connectivity index is 2.22. The van der Waals surface area contributed by atoms with Crippen LogP contribution in [0.1, 0.15) is 36.7 Å². The molecule has 116 valence electrons. The maximum Gasteiger partial charge on any atom is 0.371 e. The molecule has 2 N–H and O–H groups in total. The van der Waals surface area contributed by atoms with Crippen LogP contribution in [0.4, 0.5) is 5.69 Å². The fourth-order valence-corrected chi connectivity index (χ4v) is 2.16. The van der Waals surface area contributed by atoms with Crippen LogP contribution in [0.15, 0.2) is 34.7 Å². The van der Waals surface area contributed by atoms with Gasteiger partial charge in [0.25, 0.3) is 0 Å². The van der Waals surface area contributed by atoms with Gasteiger partial charge < -0.3 is 14.8 Å². The van der Waals surface area contributed by atoms with Gasteiger partial charge in [-0.1, -0.05) is 24.9 Å². The van der Waals surface area contributed by atoms with E-state index in [1.807, 2.05) is 6.92 Å². The van der Waals surface area contributed by atoms with E-state index in [1.54, 1.807) is 18.2 Å². The topological polar surface area (TPSA) is 79.5 Å². The summed E-state index contributed by atoms with van der Waals surface area (Å²) in [7, 11) is 0. The monoisotopic (exact) mass is 321 g/mol. The number of amides is 1. The predicted molar refractivity (Wildman–Crippen MR) is 84.3 cm³/mol. The van der Waals surface area contributed by atoms with Crippen molar-refractivity contribution in [2.75, 3.05) is 5.32 Å². The molecule has 1 aromatic heterocycles. The van der Waals surface area contributed by atoms with Gasteiger partial charge in [-0.3, -0.25) is 4.79 Å². The van der Waals surface area contributed by atoms with Crippen molar-refractivity contribution < 1.29 is 19.1 Å². The largest absolute Gasteiger partial charge is 0.475 e. The second kappa shape index (κ2) is 7.13. The molecule has 6 heteroatoms. The van der Waals surface area contributed by atoms with E-state index in [4.69, 9.17) is 21.1 Å². The van der Waals surface area contributed by atoms with Crippen molar-refractivity contribution in [1.82, 2.24) is 0 Å². The first-order chi connectivity index (χ1) is 10.5. The molecule has 1 aromatic carbocycles. The van der Waals surface area contributed by atoms with Gasteiger partial charge in [-0.05, 0) is 36.8 Å². The molecule has 1 heterocycles. The SMILES string of the molecule is CCCCC(=O)Nc1ccc(Cl)c(-c2ccc(C(=O)O)o2)c1. The molecule has 2 rings (SSSR count). The Labute approximate surface area is 132 Å². The summed E-state index contributed by atoms with van der Waals surface area (Å²) in [6.07, 6.45) is 2.23. The second-order valence-corrected chi connectivity index (χ2v) is 5.22. The minimum atomic E-state index is -1.15. The number of unbranched alkanes of at least 4 members (excludes halogenated alkanes) is 1. The Bertz CT molecular complexity index is 693. The predicted octanol–water partition coefficient (Wildman–Crippen LogP) is 4.43. The highest BCUT2D eigenvalue weighted by Crippen LogP contribution is 2.32. The molecule has 0 aliphatic heterocycles. The van der Waals surface area contributed by atoms with Crippen molar-refractivity contribution in [1.29, 1.82) is 0 Å². The Hall–Kier alpha value is -2.27. The van der Waals surface area contributed by atoms with Gasteiger partial charge in [-0.15, -0.1) is 0 Å². The lowest BCUT2D eigenvalue weighted by atomic mass is 10.1. The Kier molecular flexibility index (Phi) is 5.22. The molecular formula is C16H16ClNO4. The van der Waals surface area contributed by atoms with Gasteiger partial charge >= 0.3 is 5.97 Å². The number of benzene rings is 1. The lowest BCUT2D eigenvalue weighted by molar-refractivity contribution is -0.116. The minimum absolute atomic E-state index is 0.0687. The number of aromatic carboxylic acids is 1. The number of hydrogen-bond donors (Lipinski definition) is 2. The zero-order chi connectivity index (χ0) is 16.1. The molecule has 5 nitrogen and oxygen atoms in total. The van der Waals surface area contributed by atoms with E-state index in [1.165, 1.54) is 12.1 Å². The third-order valence-corrected chi connectivity index (χ3v) is 3.42. The van der Waals surface area contributed by atoms with Crippen molar-refractivity contribution in [2.45, 2.75) is 26.2 Å². The first-order valence-electron chi connectivity index (χ1n) is 6.94. The molecule has 0 saturated heterocycles. The van der Waals surface area contributed by atoms with E-state index >= 15 is 0 Å². The van der Waals surface area contributed by atoms with E-state index in [9.17, 15) is 9.59 Å². The highest BCUT2D eigenvalue weighted by molar-refractivity contribution is 6.33. The molecule has 1 amide bonds. The van der Waals surface area contributed by atoms with Gasteiger partial charge in [0.15, 0.2) is 0 Å². The van der Waals surface area contributed by atoms with Gasteiger partial charge in [0.1, 0.15) is 5.76 Å². The van der Waals surface area contributed by atoms with Crippen LogP contribution in [-0.4, -0.2) is 17.0 Å². The summed E-state index contributed by atoms with van der Waals surface area (Å²) in [4.78, 5) is 22.6. The Morgan fingerprint density at radius 3 is 2.68 bits per heavy atom. The molecule has 0 fully saturated rings. The number of furan rings is 1. The van der Waals surface area contributed by atoms with E-state index in [2.05, 4.69) is 5.32 Å². The lowest BCUT2D eigenvalue weighted by Crippen LogP contribution is -2.10. The van der Waals surface area contributed by atoms with Crippen molar-refractivity contribution in [3.63, 3.8) is 0 Å². The molecule has 0 atom stereocenters. The normalized spacial score (nSPS) is 10.5. The Morgan fingerprint density at radius 2 is 2.05 bits per heavy atom. The van der Waals surface area contributed by atoms with Gasteiger partial charge in [-0.2, -0.15) is 0 Å². The molecule has 0 spiro atoms. The van der Waals surface area contributed by atoms with Crippen LogP contribution in [0.2, 0.25) is 5.02 Å². The summed E-state index contributed by atoms with van der Waals surface area (Å²) in [6, 6.07) is 7.89. The van der Waals surface area contributed by atoms with E-state index in [0.29, 0.717) is 28.5 Å². The second-order valence-electron chi connectivity index (χ2n) is 4.82. The number of hydrogen-bond acceptors (Lipinski definition) is 3. The summed E-state index contributed by atoms with van der Waals surface area (Å²) in [5.41, 5.74) is 1.12. The zero-order valence-electron chi connectivity index (χ0n) is 12.1. The quantitative estimate of drug-likeness (QED) is 0.825. The number of nitrogens with one attached hydrogen (secondary N) is 1. The average molecular weight is 322 g/mol. The van der Waals surface area contributed by atoms with Gasteiger partial charge in [0, 0.05) is 17.7 Å².